The zero-order valence-corrected chi connectivity index (χ0v) is 11.4. The summed E-state index contributed by atoms with van der Waals surface area (Å²) in [4.78, 5) is 12.2. The first-order valence-electron chi connectivity index (χ1n) is 6.97. The molecule has 4 nitrogen and oxygen atoms in total. The Kier molecular flexibility index (Phi) is 4.93. The minimum atomic E-state index is -0.100. The summed E-state index contributed by atoms with van der Waals surface area (Å²) in [7, 11) is 0. The Labute approximate surface area is 114 Å². The van der Waals surface area contributed by atoms with Crippen LogP contribution in [-0.4, -0.2) is 23.6 Å². The lowest BCUT2D eigenvalue weighted by molar-refractivity contribution is -0.119. The quantitative estimate of drug-likeness (QED) is 0.776. The molecule has 3 N–H and O–H groups in total. The third kappa shape index (κ3) is 3.78. The summed E-state index contributed by atoms with van der Waals surface area (Å²) < 4.78 is 0. The average Bonchev–Trinajstić information content (AvgIpc) is 2.47. The highest BCUT2D eigenvalue weighted by Crippen LogP contribution is 2.20. The molecule has 0 radical (unpaired) electrons. The fourth-order valence-corrected chi connectivity index (χ4v) is 2.54. The highest BCUT2D eigenvalue weighted by Gasteiger charge is 2.25. The van der Waals surface area contributed by atoms with Crippen LogP contribution in [0.5, 0.6) is 0 Å². The van der Waals surface area contributed by atoms with Gasteiger partial charge in [-0.05, 0) is 43.0 Å². The lowest BCUT2D eigenvalue weighted by Crippen LogP contribution is -2.46. The van der Waals surface area contributed by atoms with Gasteiger partial charge in [0.2, 0.25) is 5.91 Å². The maximum Gasteiger partial charge on any atom is 0.241 e. The number of aliphatic hydroxyl groups is 1. The van der Waals surface area contributed by atoms with Crippen molar-refractivity contribution in [2.24, 2.45) is 5.92 Å². The summed E-state index contributed by atoms with van der Waals surface area (Å²) in [5.74, 6) is 0.661. The first-order chi connectivity index (χ1) is 9.22. The lowest BCUT2D eigenvalue weighted by Gasteiger charge is -2.28. The normalized spacial score (nSPS) is 23.1. The molecule has 1 aromatic rings. The fourth-order valence-electron chi connectivity index (χ4n) is 2.54. The van der Waals surface area contributed by atoms with Crippen LogP contribution in [0, 0.1) is 5.92 Å². The minimum Gasteiger partial charge on any atom is -0.392 e. The van der Waals surface area contributed by atoms with Crippen LogP contribution in [0.3, 0.4) is 0 Å². The molecule has 0 aromatic heterocycles. The van der Waals surface area contributed by atoms with Gasteiger partial charge in [-0.1, -0.05) is 25.5 Å². The maximum absolute atomic E-state index is 12.2. The summed E-state index contributed by atoms with van der Waals surface area (Å²) >= 11 is 0. The Morgan fingerprint density at radius 1 is 1.53 bits per heavy atom. The molecule has 1 fully saturated rings. The Morgan fingerprint density at radius 3 is 3.11 bits per heavy atom. The molecule has 104 valence electrons. The molecule has 2 rings (SSSR count). The zero-order chi connectivity index (χ0) is 13.7. The van der Waals surface area contributed by atoms with E-state index in [1.807, 2.05) is 18.2 Å². The van der Waals surface area contributed by atoms with E-state index in [2.05, 4.69) is 17.6 Å². The molecule has 0 spiro atoms. The molecule has 19 heavy (non-hydrogen) atoms. The number of carbonyl (C=O) groups excluding carboxylic acids is 1. The van der Waals surface area contributed by atoms with Crippen LogP contribution in [0.25, 0.3) is 0 Å². The molecule has 1 amide bonds. The molecule has 1 aromatic carbocycles. The van der Waals surface area contributed by atoms with Crippen LogP contribution in [0.2, 0.25) is 0 Å². The molecule has 0 saturated carbocycles. The number of amides is 1. The second kappa shape index (κ2) is 6.68. The maximum atomic E-state index is 12.2. The van der Waals surface area contributed by atoms with Crippen LogP contribution in [0.1, 0.15) is 31.7 Å². The first-order valence-corrected chi connectivity index (χ1v) is 6.97. The summed E-state index contributed by atoms with van der Waals surface area (Å²) in [6, 6.07) is 7.22. The van der Waals surface area contributed by atoms with Gasteiger partial charge in [0.15, 0.2) is 0 Å². The van der Waals surface area contributed by atoms with Crippen molar-refractivity contribution in [2.75, 3.05) is 11.9 Å². The van der Waals surface area contributed by atoms with Crippen molar-refractivity contribution >= 4 is 11.6 Å². The molecule has 1 aliphatic rings. The predicted molar refractivity (Wildman–Crippen MR) is 75.8 cm³/mol. The van der Waals surface area contributed by atoms with Crippen LogP contribution >= 0.6 is 0 Å². The number of benzene rings is 1. The number of piperidine rings is 1. The number of rotatable bonds is 4. The van der Waals surface area contributed by atoms with Crippen molar-refractivity contribution in [3.63, 3.8) is 0 Å². The largest absolute Gasteiger partial charge is 0.392 e. The molecule has 0 bridgehead atoms. The van der Waals surface area contributed by atoms with E-state index in [-0.39, 0.29) is 18.6 Å². The van der Waals surface area contributed by atoms with Gasteiger partial charge < -0.3 is 15.7 Å². The van der Waals surface area contributed by atoms with Gasteiger partial charge in [0.05, 0.1) is 12.6 Å². The van der Waals surface area contributed by atoms with Crippen LogP contribution in [-0.2, 0) is 11.4 Å². The third-order valence-electron chi connectivity index (χ3n) is 3.78. The molecule has 2 atom stereocenters. The Hall–Kier alpha value is -1.39. The number of hydrogen-bond acceptors (Lipinski definition) is 3. The van der Waals surface area contributed by atoms with E-state index < -0.39 is 0 Å². The molecule has 2 unspecified atom stereocenters. The molecule has 4 heteroatoms. The fraction of sp³-hybridized carbons (Fsp3) is 0.533. The van der Waals surface area contributed by atoms with E-state index in [4.69, 9.17) is 5.11 Å². The Balaban J connectivity index is 1.96. The SMILES string of the molecule is CCC1CCNC(C(=O)Nc2cccc(CO)c2)C1. The van der Waals surface area contributed by atoms with Crippen molar-refractivity contribution in [1.82, 2.24) is 5.32 Å². The molecule has 1 aliphatic heterocycles. The lowest BCUT2D eigenvalue weighted by atomic mass is 9.90. The average molecular weight is 262 g/mol. The molecule has 1 heterocycles. The van der Waals surface area contributed by atoms with Gasteiger partial charge >= 0.3 is 0 Å². The Bertz CT molecular complexity index is 434. The summed E-state index contributed by atoms with van der Waals surface area (Å²) in [6.07, 6.45) is 3.19. The number of hydrogen-bond donors (Lipinski definition) is 3. The van der Waals surface area contributed by atoms with Crippen molar-refractivity contribution in [3.8, 4) is 0 Å². The summed E-state index contributed by atoms with van der Waals surface area (Å²) in [6.45, 7) is 3.08. The van der Waals surface area contributed by atoms with Gasteiger partial charge in [-0.25, -0.2) is 0 Å². The summed E-state index contributed by atoms with van der Waals surface area (Å²) in [5, 5.41) is 15.3. The van der Waals surface area contributed by atoms with E-state index in [9.17, 15) is 4.79 Å². The monoisotopic (exact) mass is 262 g/mol. The predicted octanol–water partition coefficient (Wildman–Crippen LogP) is 1.90. The van der Waals surface area contributed by atoms with Gasteiger partial charge in [0.1, 0.15) is 0 Å². The highest BCUT2D eigenvalue weighted by molar-refractivity contribution is 5.94. The third-order valence-corrected chi connectivity index (χ3v) is 3.78. The minimum absolute atomic E-state index is 0.0106. The van der Waals surface area contributed by atoms with Gasteiger partial charge in [-0.2, -0.15) is 0 Å². The van der Waals surface area contributed by atoms with Crippen LogP contribution in [0.15, 0.2) is 24.3 Å². The van der Waals surface area contributed by atoms with Crippen LogP contribution < -0.4 is 10.6 Å². The second-order valence-corrected chi connectivity index (χ2v) is 5.15. The van der Waals surface area contributed by atoms with Gasteiger partial charge in [-0.3, -0.25) is 4.79 Å². The van der Waals surface area contributed by atoms with Gasteiger partial charge in [-0.15, -0.1) is 0 Å². The van der Waals surface area contributed by atoms with Gasteiger partial charge in [0, 0.05) is 5.69 Å². The second-order valence-electron chi connectivity index (χ2n) is 5.15. The summed E-state index contributed by atoms with van der Waals surface area (Å²) in [5.41, 5.74) is 1.55. The van der Waals surface area contributed by atoms with Gasteiger partial charge in [0.25, 0.3) is 0 Å². The van der Waals surface area contributed by atoms with E-state index in [1.54, 1.807) is 6.07 Å². The van der Waals surface area contributed by atoms with Crippen molar-refractivity contribution < 1.29 is 9.90 Å². The molecule has 1 saturated heterocycles. The molecular formula is C15H22N2O2. The number of nitrogens with one attached hydrogen (secondary N) is 2. The Morgan fingerprint density at radius 2 is 2.37 bits per heavy atom. The van der Waals surface area contributed by atoms with Crippen molar-refractivity contribution in [3.05, 3.63) is 29.8 Å². The molecule has 0 aliphatic carbocycles. The number of carbonyl (C=O) groups is 1. The van der Waals surface area contributed by atoms with E-state index in [0.29, 0.717) is 5.92 Å². The highest BCUT2D eigenvalue weighted by atomic mass is 16.3. The van der Waals surface area contributed by atoms with E-state index in [0.717, 1.165) is 37.1 Å². The zero-order valence-electron chi connectivity index (χ0n) is 11.4. The van der Waals surface area contributed by atoms with Crippen LogP contribution in [0.4, 0.5) is 5.69 Å². The number of anilines is 1. The standard InChI is InChI=1S/C15H22N2O2/c1-2-11-6-7-16-14(9-11)15(19)17-13-5-3-4-12(8-13)10-18/h3-5,8,11,14,16,18H,2,6-7,9-10H2,1H3,(H,17,19). The number of aliphatic hydroxyl groups excluding tert-OH is 1. The molecular weight excluding hydrogens is 240 g/mol. The van der Waals surface area contributed by atoms with Crippen molar-refractivity contribution in [2.45, 2.75) is 38.8 Å². The van der Waals surface area contributed by atoms with E-state index in [1.165, 1.54) is 0 Å². The smallest absolute Gasteiger partial charge is 0.241 e. The van der Waals surface area contributed by atoms with Crippen molar-refractivity contribution in [1.29, 1.82) is 0 Å². The first kappa shape index (κ1) is 14.0. The van der Waals surface area contributed by atoms with E-state index >= 15 is 0 Å². The topological polar surface area (TPSA) is 61.4 Å².